The van der Waals surface area contributed by atoms with E-state index >= 15 is 0 Å². The molecule has 0 aliphatic heterocycles. The van der Waals surface area contributed by atoms with Gasteiger partial charge in [0.2, 0.25) is 5.91 Å². The van der Waals surface area contributed by atoms with Gasteiger partial charge in [-0.2, -0.15) is 0 Å². The number of aryl methyl sites for hydroxylation is 2. The Morgan fingerprint density at radius 1 is 0.955 bits per heavy atom. The smallest absolute Gasteiger partial charge is 0.231 e. The lowest BCUT2D eigenvalue weighted by atomic mass is 9.83. The minimum Gasteiger partial charge on any atom is -0.325 e. The minimum atomic E-state index is -0.488. The molecule has 0 radical (unpaired) electrons. The van der Waals surface area contributed by atoms with Crippen LogP contribution in [-0.2, 0) is 15.0 Å². The Kier molecular flexibility index (Phi) is 5.21. The molecular formula is C19H29NO2. The number of rotatable bonds is 3. The van der Waals surface area contributed by atoms with Gasteiger partial charge in [0.05, 0.1) is 6.42 Å². The van der Waals surface area contributed by atoms with Gasteiger partial charge in [-0.15, -0.1) is 0 Å². The van der Waals surface area contributed by atoms with E-state index in [4.69, 9.17) is 0 Å². The van der Waals surface area contributed by atoms with Crippen LogP contribution in [0.15, 0.2) is 12.1 Å². The van der Waals surface area contributed by atoms with Crippen molar-refractivity contribution < 1.29 is 9.59 Å². The summed E-state index contributed by atoms with van der Waals surface area (Å²) < 4.78 is 0. The average Bonchev–Trinajstić information content (AvgIpc) is 2.30. The van der Waals surface area contributed by atoms with Gasteiger partial charge >= 0.3 is 0 Å². The second-order valence-corrected chi connectivity index (χ2v) is 8.13. The number of hydrogen-bond donors (Lipinski definition) is 1. The van der Waals surface area contributed by atoms with Crippen molar-refractivity contribution in [2.75, 3.05) is 5.32 Å². The van der Waals surface area contributed by atoms with Gasteiger partial charge in [0, 0.05) is 11.1 Å². The molecule has 1 amide bonds. The van der Waals surface area contributed by atoms with E-state index in [0.29, 0.717) is 0 Å². The molecule has 0 aliphatic carbocycles. The maximum Gasteiger partial charge on any atom is 0.231 e. The summed E-state index contributed by atoms with van der Waals surface area (Å²) in [5.74, 6) is -0.295. The van der Waals surface area contributed by atoms with Crippen molar-refractivity contribution in [1.29, 1.82) is 0 Å². The Morgan fingerprint density at radius 2 is 1.50 bits per heavy atom. The monoisotopic (exact) mass is 303 g/mol. The number of nitrogens with one attached hydrogen (secondary N) is 1. The summed E-state index contributed by atoms with van der Waals surface area (Å²) in [6.07, 6.45) is -0.0803. The molecule has 122 valence electrons. The molecule has 0 atom stereocenters. The predicted octanol–water partition coefficient (Wildman–Crippen LogP) is 4.54. The maximum absolute atomic E-state index is 12.1. The molecule has 3 nitrogen and oxygen atoms in total. The fraction of sp³-hybridized carbons (Fsp3) is 0.579. The first-order chi connectivity index (χ1) is 9.82. The van der Waals surface area contributed by atoms with E-state index in [-0.39, 0.29) is 23.5 Å². The third-order valence-electron chi connectivity index (χ3n) is 3.81. The second-order valence-electron chi connectivity index (χ2n) is 8.13. The molecule has 0 bridgehead atoms. The molecule has 1 rings (SSSR count). The molecule has 0 saturated carbocycles. The van der Waals surface area contributed by atoms with Crippen LogP contribution in [0.25, 0.3) is 0 Å². The number of benzene rings is 1. The van der Waals surface area contributed by atoms with Crippen molar-refractivity contribution in [3.8, 4) is 0 Å². The van der Waals surface area contributed by atoms with E-state index in [0.717, 1.165) is 16.8 Å². The van der Waals surface area contributed by atoms with Gasteiger partial charge in [-0.3, -0.25) is 9.59 Å². The normalized spacial score (nSPS) is 12.2. The summed E-state index contributed by atoms with van der Waals surface area (Å²) in [7, 11) is 0. The Bertz CT molecular complexity index is 587. The molecule has 1 N–H and O–H groups in total. The van der Waals surface area contributed by atoms with Gasteiger partial charge in [-0.1, -0.05) is 47.6 Å². The van der Waals surface area contributed by atoms with Crippen molar-refractivity contribution >= 4 is 17.4 Å². The van der Waals surface area contributed by atoms with Crippen molar-refractivity contribution in [2.24, 2.45) is 5.41 Å². The molecule has 0 aromatic heterocycles. The maximum atomic E-state index is 12.1. The summed E-state index contributed by atoms with van der Waals surface area (Å²) in [5, 5.41) is 2.87. The van der Waals surface area contributed by atoms with Gasteiger partial charge < -0.3 is 5.32 Å². The van der Waals surface area contributed by atoms with E-state index in [1.165, 1.54) is 5.56 Å². The van der Waals surface area contributed by atoms with Crippen LogP contribution in [0.4, 0.5) is 5.69 Å². The van der Waals surface area contributed by atoms with Crippen LogP contribution >= 0.6 is 0 Å². The Balaban J connectivity index is 2.94. The highest BCUT2D eigenvalue weighted by Gasteiger charge is 2.24. The lowest BCUT2D eigenvalue weighted by Crippen LogP contribution is -2.26. The fourth-order valence-electron chi connectivity index (χ4n) is 2.36. The fourth-order valence-corrected chi connectivity index (χ4v) is 2.36. The molecule has 0 saturated heterocycles. The van der Waals surface area contributed by atoms with Crippen molar-refractivity contribution in [2.45, 2.75) is 67.2 Å². The first-order valence-electron chi connectivity index (χ1n) is 7.77. The number of Topliss-reactive ketones (excluding diaryl/α,β-unsaturated/α-hetero) is 1. The van der Waals surface area contributed by atoms with E-state index in [9.17, 15) is 9.59 Å². The summed E-state index contributed by atoms with van der Waals surface area (Å²) in [6.45, 7) is 16.0. The second kappa shape index (κ2) is 6.23. The number of hydrogen-bond acceptors (Lipinski definition) is 2. The van der Waals surface area contributed by atoms with E-state index in [1.807, 2.05) is 33.8 Å². The van der Waals surface area contributed by atoms with E-state index in [1.54, 1.807) is 0 Å². The topological polar surface area (TPSA) is 46.2 Å². The highest BCUT2D eigenvalue weighted by atomic mass is 16.2. The highest BCUT2D eigenvalue weighted by molar-refractivity contribution is 6.06. The molecule has 0 aliphatic rings. The largest absolute Gasteiger partial charge is 0.325 e. The van der Waals surface area contributed by atoms with Gasteiger partial charge in [0.15, 0.2) is 0 Å². The lowest BCUT2D eigenvalue weighted by molar-refractivity contribution is -0.130. The SMILES string of the molecule is Cc1cc(C(C)(C)C)c(C)cc1NC(=O)CC(=O)C(C)(C)C. The summed E-state index contributed by atoms with van der Waals surface area (Å²) in [5.41, 5.74) is 3.81. The quantitative estimate of drug-likeness (QED) is 0.833. The molecule has 22 heavy (non-hydrogen) atoms. The molecule has 0 fully saturated rings. The summed E-state index contributed by atoms with van der Waals surface area (Å²) in [6, 6.07) is 4.12. The van der Waals surface area contributed by atoms with Gasteiger partial charge in [0.25, 0.3) is 0 Å². The number of amides is 1. The van der Waals surface area contributed by atoms with Crippen LogP contribution in [0, 0.1) is 19.3 Å². The summed E-state index contributed by atoms with van der Waals surface area (Å²) in [4.78, 5) is 24.0. The predicted molar refractivity (Wildman–Crippen MR) is 92.3 cm³/mol. The van der Waals surface area contributed by atoms with Gasteiger partial charge in [0.1, 0.15) is 5.78 Å². The number of ketones is 1. The van der Waals surface area contributed by atoms with Crippen molar-refractivity contribution in [3.05, 3.63) is 28.8 Å². The third kappa shape index (κ3) is 4.69. The average molecular weight is 303 g/mol. The Labute approximate surface area is 134 Å². The molecule has 1 aromatic carbocycles. The molecule has 0 unspecified atom stereocenters. The van der Waals surface area contributed by atoms with Crippen LogP contribution in [0.5, 0.6) is 0 Å². The first-order valence-corrected chi connectivity index (χ1v) is 7.77. The zero-order chi connectivity index (χ0) is 17.3. The molecule has 0 heterocycles. The number of carbonyl (C=O) groups is 2. The van der Waals surface area contributed by atoms with Crippen molar-refractivity contribution in [3.63, 3.8) is 0 Å². The molecule has 0 spiro atoms. The highest BCUT2D eigenvalue weighted by Crippen LogP contribution is 2.30. The first kappa shape index (κ1) is 18.4. The Hall–Kier alpha value is -1.64. The zero-order valence-electron chi connectivity index (χ0n) is 15.2. The van der Waals surface area contributed by atoms with Crippen LogP contribution in [0.3, 0.4) is 0 Å². The van der Waals surface area contributed by atoms with E-state index < -0.39 is 5.41 Å². The standard InChI is InChI=1S/C19H29NO2/c1-12-10-15(13(2)9-14(12)18(3,4)5)20-17(22)11-16(21)19(6,7)8/h9-10H,11H2,1-8H3,(H,20,22). The Morgan fingerprint density at radius 3 is 1.95 bits per heavy atom. The third-order valence-corrected chi connectivity index (χ3v) is 3.81. The van der Waals surface area contributed by atoms with Crippen LogP contribution in [0.1, 0.15) is 64.7 Å². The molecule has 1 aromatic rings. The lowest BCUT2D eigenvalue weighted by Gasteiger charge is -2.24. The van der Waals surface area contributed by atoms with Crippen LogP contribution in [-0.4, -0.2) is 11.7 Å². The molecular weight excluding hydrogens is 274 g/mol. The van der Waals surface area contributed by atoms with Gasteiger partial charge in [-0.25, -0.2) is 0 Å². The zero-order valence-corrected chi connectivity index (χ0v) is 15.2. The van der Waals surface area contributed by atoms with Crippen LogP contribution < -0.4 is 5.32 Å². The molecule has 3 heteroatoms. The van der Waals surface area contributed by atoms with Crippen LogP contribution in [0.2, 0.25) is 0 Å². The minimum absolute atomic E-state index is 0.0503. The number of anilines is 1. The van der Waals surface area contributed by atoms with Crippen molar-refractivity contribution in [1.82, 2.24) is 0 Å². The van der Waals surface area contributed by atoms with E-state index in [2.05, 4.69) is 39.1 Å². The number of carbonyl (C=O) groups excluding carboxylic acids is 2. The summed E-state index contributed by atoms with van der Waals surface area (Å²) >= 11 is 0. The van der Waals surface area contributed by atoms with Gasteiger partial charge in [-0.05, 0) is 42.0 Å².